The van der Waals surface area contributed by atoms with Crippen molar-refractivity contribution < 1.29 is 18.8 Å². The van der Waals surface area contributed by atoms with Crippen molar-refractivity contribution in [2.75, 3.05) is 31.5 Å². The summed E-state index contributed by atoms with van der Waals surface area (Å²) in [6.07, 6.45) is 1.49. The highest BCUT2D eigenvalue weighted by atomic mass is 16.4. The molecule has 0 saturated carbocycles. The number of rotatable bonds is 3. The van der Waals surface area contributed by atoms with E-state index in [4.69, 9.17) is 10.2 Å². The van der Waals surface area contributed by atoms with E-state index in [9.17, 15) is 14.4 Å². The number of nitrogens with zero attached hydrogens (tertiary/aromatic N) is 3. The Labute approximate surface area is 193 Å². The topological polar surface area (TPSA) is 122 Å². The quantitative estimate of drug-likeness (QED) is 0.735. The minimum absolute atomic E-state index is 0.0360. The number of anilines is 1. The van der Waals surface area contributed by atoms with Crippen molar-refractivity contribution in [1.82, 2.24) is 14.8 Å². The van der Waals surface area contributed by atoms with E-state index in [0.29, 0.717) is 18.5 Å². The molecule has 4 amide bonds. The number of likely N-dealkylation sites (tertiary alicyclic amines) is 2. The molecule has 9 heteroatoms. The van der Waals surface area contributed by atoms with Crippen LogP contribution in [0.4, 0.5) is 10.5 Å². The van der Waals surface area contributed by atoms with Crippen LogP contribution in [0.5, 0.6) is 0 Å². The molecule has 3 N–H and O–H groups in total. The molecule has 2 aliphatic rings. The first-order valence-electron chi connectivity index (χ1n) is 11.4. The van der Waals surface area contributed by atoms with Crippen molar-refractivity contribution in [1.29, 1.82) is 0 Å². The van der Waals surface area contributed by atoms with E-state index in [1.807, 2.05) is 4.90 Å². The van der Waals surface area contributed by atoms with E-state index < -0.39 is 5.91 Å². The number of aryl methyl sites for hydroxylation is 1. The smallest absolute Gasteiger partial charge is 0.321 e. The number of fused-ring (bicyclic) bond motifs is 1. The predicted molar refractivity (Wildman–Crippen MR) is 125 cm³/mol. The first-order valence-corrected chi connectivity index (χ1v) is 11.4. The Hall–Kier alpha value is -3.10. The standard InChI is InChI=1S/C24H33N5O4/c1-14-8-9-16-17(18(19(25)30)33-20(16)26-14)27-22(32)28-10-6-7-15(11-28)21(31)29-12-23(2,3)24(4,5)13-29/h8-9,15H,6-7,10-13H2,1-5H3,(H2,25,30)(H,27,32)/t15-/m1/s1. The lowest BCUT2D eigenvalue weighted by molar-refractivity contribution is -0.136. The van der Waals surface area contributed by atoms with Gasteiger partial charge in [0.2, 0.25) is 17.4 Å². The summed E-state index contributed by atoms with van der Waals surface area (Å²) >= 11 is 0. The number of piperidine rings is 1. The number of aromatic nitrogens is 1. The normalized spacial score (nSPS) is 21.9. The van der Waals surface area contributed by atoms with Crippen molar-refractivity contribution >= 4 is 34.6 Å². The van der Waals surface area contributed by atoms with Gasteiger partial charge >= 0.3 is 6.03 Å². The first-order chi connectivity index (χ1) is 15.4. The average molecular weight is 456 g/mol. The van der Waals surface area contributed by atoms with Crippen LogP contribution in [0.2, 0.25) is 0 Å². The fourth-order valence-electron chi connectivity index (χ4n) is 4.77. The number of amides is 4. The fraction of sp³-hybridized carbons (Fsp3) is 0.583. The van der Waals surface area contributed by atoms with Crippen LogP contribution in [0.3, 0.4) is 0 Å². The molecule has 2 aromatic heterocycles. The van der Waals surface area contributed by atoms with Crippen LogP contribution in [-0.4, -0.2) is 58.8 Å². The molecular weight excluding hydrogens is 422 g/mol. The molecule has 33 heavy (non-hydrogen) atoms. The number of nitrogens with one attached hydrogen (secondary N) is 1. The van der Waals surface area contributed by atoms with Gasteiger partial charge in [-0.25, -0.2) is 9.78 Å². The lowest BCUT2D eigenvalue weighted by atomic mass is 9.71. The van der Waals surface area contributed by atoms with Crippen molar-refractivity contribution in [3.8, 4) is 0 Å². The Morgan fingerprint density at radius 2 is 1.79 bits per heavy atom. The van der Waals surface area contributed by atoms with Crippen molar-refractivity contribution in [2.24, 2.45) is 22.5 Å². The maximum Gasteiger partial charge on any atom is 0.321 e. The zero-order valence-corrected chi connectivity index (χ0v) is 20.0. The summed E-state index contributed by atoms with van der Waals surface area (Å²) < 4.78 is 5.52. The Kier molecular flexibility index (Phi) is 5.62. The molecule has 0 aromatic carbocycles. The number of pyridine rings is 1. The molecule has 2 aromatic rings. The van der Waals surface area contributed by atoms with E-state index >= 15 is 0 Å². The van der Waals surface area contributed by atoms with Gasteiger partial charge in [-0.1, -0.05) is 27.7 Å². The minimum atomic E-state index is -0.785. The fourth-order valence-corrected chi connectivity index (χ4v) is 4.77. The molecule has 2 saturated heterocycles. The van der Waals surface area contributed by atoms with Crippen molar-refractivity contribution in [3.63, 3.8) is 0 Å². The highest BCUT2D eigenvalue weighted by molar-refractivity contribution is 6.09. The number of carbonyl (C=O) groups is 3. The van der Waals surface area contributed by atoms with Crippen LogP contribution < -0.4 is 11.1 Å². The summed E-state index contributed by atoms with van der Waals surface area (Å²) in [5.74, 6) is -1.05. The Bertz CT molecular complexity index is 1100. The number of carbonyl (C=O) groups excluding carboxylic acids is 3. The van der Waals surface area contributed by atoms with Crippen LogP contribution in [0.15, 0.2) is 16.5 Å². The second-order valence-electron chi connectivity index (χ2n) is 10.7. The van der Waals surface area contributed by atoms with Gasteiger partial charge in [0, 0.05) is 31.9 Å². The summed E-state index contributed by atoms with van der Waals surface area (Å²) in [6.45, 7) is 12.9. The molecular formula is C24H33N5O4. The Morgan fingerprint density at radius 1 is 1.12 bits per heavy atom. The van der Waals surface area contributed by atoms with Gasteiger partial charge in [-0.15, -0.1) is 0 Å². The third-order valence-corrected chi connectivity index (χ3v) is 7.52. The molecule has 0 aliphatic carbocycles. The molecule has 0 radical (unpaired) electrons. The summed E-state index contributed by atoms with van der Waals surface area (Å²) in [4.78, 5) is 46.2. The van der Waals surface area contributed by atoms with Crippen molar-refractivity contribution in [3.05, 3.63) is 23.6 Å². The monoisotopic (exact) mass is 455 g/mol. The molecule has 0 bridgehead atoms. The minimum Gasteiger partial charge on any atom is -0.430 e. The number of hydrogen-bond donors (Lipinski definition) is 2. The molecule has 178 valence electrons. The molecule has 1 atom stereocenters. The van der Waals surface area contributed by atoms with E-state index in [1.54, 1.807) is 24.0 Å². The van der Waals surface area contributed by atoms with E-state index in [-0.39, 0.29) is 45.8 Å². The highest BCUT2D eigenvalue weighted by Gasteiger charge is 2.48. The summed E-state index contributed by atoms with van der Waals surface area (Å²) in [5.41, 5.74) is 6.72. The van der Waals surface area contributed by atoms with Crippen LogP contribution in [0.1, 0.15) is 56.8 Å². The molecule has 2 fully saturated rings. The second-order valence-corrected chi connectivity index (χ2v) is 10.7. The van der Waals surface area contributed by atoms with Crippen LogP contribution >= 0.6 is 0 Å². The molecule has 4 heterocycles. The van der Waals surface area contributed by atoms with Gasteiger partial charge < -0.3 is 25.3 Å². The maximum atomic E-state index is 13.3. The SMILES string of the molecule is Cc1ccc2c(NC(=O)N3CCC[C@@H](C(=O)N4CC(C)(C)C(C)(C)C4)C3)c(C(N)=O)oc2n1. The third-order valence-electron chi connectivity index (χ3n) is 7.52. The number of nitrogens with two attached hydrogens (primary N) is 1. The Morgan fingerprint density at radius 3 is 2.42 bits per heavy atom. The summed E-state index contributed by atoms with van der Waals surface area (Å²) in [7, 11) is 0. The number of primary amides is 1. The van der Waals surface area contributed by atoms with E-state index in [2.05, 4.69) is 38.0 Å². The summed E-state index contributed by atoms with van der Waals surface area (Å²) in [6, 6.07) is 3.12. The largest absolute Gasteiger partial charge is 0.430 e. The van der Waals surface area contributed by atoms with Gasteiger partial charge in [-0.3, -0.25) is 9.59 Å². The molecule has 0 spiro atoms. The molecule has 2 aliphatic heterocycles. The van der Waals surface area contributed by atoms with Gasteiger partial charge in [0.25, 0.3) is 5.91 Å². The molecule has 4 rings (SSSR count). The number of urea groups is 1. The van der Waals surface area contributed by atoms with Crippen molar-refractivity contribution in [2.45, 2.75) is 47.5 Å². The second kappa shape index (κ2) is 8.04. The van der Waals surface area contributed by atoms with Gasteiger partial charge in [-0.2, -0.15) is 0 Å². The maximum absolute atomic E-state index is 13.3. The number of hydrogen-bond acceptors (Lipinski definition) is 5. The predicted octanol–water partition coefficient (Wildman–Crippen LogP) is 3.37. The third kappa shape index (κ3) is 4.16. The Balaban J connectivity index is 1.50. The molecule has 9 nitrogen and oxygen atoms in total. The van der Waals surface area contributed by atoms with E-state index in [1.165, 1.54) is 0 Å². The van der Waals surface area contributed by atoms with Crippen LogP contribution in [0, 0.1) is 23.7 Å². The average Bonchev–Trinajstić information content (AvgIpc) is 3.20. The number of furan rings is 1. The summed E-state index contributed by atoms with van der Waals surface area (Å²) in [5, 5.41) is 3.30. The van der Waals surface area contributed by atoms with Gasteiger partial charge in [0.15, 0.2) is 0 Å². The first kappa shape index (κ1) is 23.1. The van der Waals surface area contributed by atoms with Crippen LogP contribution in [-0.2, 0) is 4.79 Å². The lowest BCUT2D eigenvalue weighted by Crippen LogP contribution is -2.48. The van der Waals surface area contributed by atoms with Crippen LogP contribution in [0.25, 0.3) is 11.1 Å². The van der Waals surface area contributed by atoms with Gasteiger partial charge in [-0.05, 0) is 42.7 Å². The molecule has 0 unspecified atom stereocenters. The zero-order valence-electron chi connectivity index (χ0n) is 20.0. The lowest BCUT2D eigenvalue weighted by Gasteiger charge is -2.34. The van der Waals surface area contributed by atoms with Gasteiger partial charge in [0.1, 0.15) is 5.69 Å². The zero-order chi connectivity index (χ0) is 24.1. The van der Waals surface area contributed by atoms with E-state index in [0.717, 1.165) is 31.6 Å². The van der Waals surface area contributed by atoms with Gasteiger partial charge in [0.05, 0.1) is 11.3 Å². The highest BCUT2D eigenvalue weighted by Crippen LogP contribution is 2.45.